The van der Waals surface area contributed by atoms with Crippen LogP contribution in [0, 0.1) is 6.92 Å². The fraction of sp³-hybridized carbons (Fsp3) is 0.381. The van der Waals surface area contributed by atoms with E-state index in [2.05, 4.69) is 36.2 Å². The molecule has 2 rings (SSSR count). The molecule has 0 saturated carbocycles. The maximum absolute atomic E-state index is 12.3. The quantitative estimate of drug-likeness (QED) is 0.818. The van der Waals surface area contributed by atoms with Gasteiger partial charge < -0.3 is 10.2 Å². The van der Waals surface area contributed by atoms with Crippen LogP contribution in [0.1, 0.15) is 40.2 Å². The molecule has 1 aromatic rings. The first-order chi connectivity index (χ1) is 12.3. The summed E-state index contributed by atoms with van der Waals surface area (Å²) in [6, 6.07) is 6.20. The highest BCUT2D eigenvalue weighted by molar-refractivity contribution is 6.25. The Bertz CT molecular complexity index is 828. The fourth-order valence-corrected chi connectivity index (χ4v) is 2.95. The van der Waals surface area contributed by atoms with Gasteiger partial charge in [-0.3, -0.25) is 9.59 Å². The van der Waals surface area contributed by atoms with Gasteiger partial charge in [-0.25, -0.2) is 4.99 Å². The highest BCUT2D eigenvalue weighted by atomic mass is 16.2. The van der Waals surface area contributed by atoms with E-state index in [-0.39, 0.29) is 17.4 Å². The maximum atomic E-state index is 12.3. The van der Waals surface area contributed by atoms with E-state index in [0.717, 1.165) is 29.9 Å². The standard InChI is InChI=1S/C21H27N3O2/c1-7-24(8-2)17-9-10-18(13(3)11-17)23-19-12-20(22-16(6)25)21(26)15(5)14(19)4/h9-12H,7-8H2,1-6H3,(H,22,25). The fourth-order valence-electron chi connectivity index (χ4n) is 2.95. The lowest BCUT2D eigenvalue weighted by Gasteiger charge is -2.22. The molecule has 0 fully saturated rings. The summed E-state index contributed by atoms with van der Waals surface area (Å²) in [5.74, 6) is -0.429. The molecule has 0 saturated heterocycles. The number of nitrogens with zero attached hydrogens (tertiary/aromatic N) is 2. The number of anilines is 1. The van der Waals surface area contributed by atoms with Crippen LogP contribution < -0.4 is 10.2 Å². The Hall–Kier alpha value is -2.69. The van der Waals surface area contributed by atoms with E-state index in [1.807, 2.05) is 19.9 Å². The topological polar surface area (TPSA) is 61.8 Å². The Labute approximate surface area is 155 Å². The van der Waals surface area contributed by atoms with Crippen molar-refractivity contribution in [1.82, 2.24) is 5.32 Å². The van der Waals surface area contributed by atoms with Gasteiger partial charge in [0.05, 0.1) is 17.1 Å². The van der Waals surface area contributed by atoms with Gasteiger partial charge in [0, 0.05) is 31.3 Å². The first-order valence-corrected chi connectivity index (χ1v) is 8.94. The molecular weight excluding hydrogens is 326 g/mol. The van der Waals surface area contributed by atoms with Crippen LogP contribution in [-0.4, -0.2) is 30.5 Å². The summed E-state index contributed by atoms with van der Waals surface area (Å²) < 4.78 is 0. The summed E-state index contributed by atoms with van der Waals surface area (Å²) >= 11 is 0. The van der Waals surface area contributed by atoms with Crippen molar-refractivity contribution in [3.8, 4) is 0 Å². The van der Waals surface area contributed by atoms with Gasteiger partial charge in [-0.05, 0) is 70.0 Å². The van der Waals surface area contributed by atoms with E-state index < -0.39 is 0 Å². The van der Waals surface area contributed by atoms with Gasteiger partial charge in [-0.15, -0.1) is 0 Å². The molecule has 0 spiro atoms. The number of hydrogen-bond acceptors (Lipinski definition) is 4. The van der Waals surface area contributed by atoms with E-state index in [9.17, 15) is 9.59 Å². The van der Waals surface area contributed by atoms with Gasteiger partial charge in [-0.2, -0.15) is 0 Å². The lowest BCUT2D eigenvalue weighted by atomic mass is 9.94. The molecule has 1 aliphatic rings. The SMILES string of the molecule is CCN(CC)c1ccc(N=C2C=C(NC(C)=O)C(=O)C(C)=C2C)c(C)c1. The van der Waals surface area contributed by atoms with Gasteiger partial charge in [0.25, 0.3) is 0 Å². The zero-order valence-electron chi connectivity index (χ0n) is 16.4. The van der Waals surface area contributed by atoms with Crippen LogP contribution in [0.4, 0.5) is 11.4 Å². The van der Waals surface area contributed by atoms with E-state index in [1.54, 1.807) is 13.0 Å². The third-order valence-corrected chi connectivity index (χ3v) is 4.67. The first kappa shape index (κ1) is 19.6. The molecule has 0 aromatic heterocycles. The third-order valence-electron chi connectivity index (χ3n) is 4.67. The molecule has 0 heterocycles. The predicted octanol–water partition coefficient (Wildman–Crippen LogP) is 3.85. The summed E-state index contributed by atoms with van der Waals surface area (Å²) in [6.07, 6.45) is 1.66. The molecular formula is C21H27N3O2. The highest BCUT2D eigenvalue weighted by Crippen LogP contribution is 2.27. The summed E-state index contributed by atoms with van der Waals surface area (Å²) in [6.45, 7) is 13.2. The summed E-state index contributed by atoms with van der Waals surface area (Å²) in [5, 5.41) is 2.60. The number of carbonyl (C=O) groups is 2. The second-order valence-corrected chi connectivity index (χ2v) is 6.46. The van der Waals surface area contributed by atoms with Crippen LogP contribution in [0.3, 0.4) is 0 Å². The summed E-state index contributed by atoms with van der Waals surface area (Å²) in [4.78, 5) is 30.7. The number of amides is 1. The second kappa shape index (κ2) is 8.13. The van der Waals surface area contributed by atoms with Crippen molar-refractivity contribution in [1.29, 1.82) is 0 Å². The molecule has 1 aliphatic carbocycles. The number of carbonyl (C=O) groups excluding carboxylic acids is 2. The Kier molecular flexibility index (Phi) is 6.14. The molecule has 138 valence electrons. The van der Waals surface area contributed by atoms with Crippen molar-refractivity contribution in [3.63, 3.8) is 0 Å². The number of rotatable bonds is 5. The summed E-state index contributed by atoms with van der Waals surface area (Å²) in [7, 11) is 0. The van der Waals surface area contributed by atoms with Crippen LogP contribution in [0.25, 0.3) is 0 Å². The molecule has 0 unspecified atom stereocenters. The van der Waals surface area contributed by atoms with Crippen molar-refractivity contribution >= 4 is 28.8 Å². The number of ketones is 1. The minimum Gasteiger partial charge on any atom is -0.372 e. The Morgan fingerprint density at radius 3 is 2.31 bits per heavy atom. The number of benzene rings is 1. The highest BCUT2D eigenvalue weighted by Gasteiger charge is 2.22. The van der Waals surface area contributed by atoms with Gasteiger partial charge in [0.2, 0.25) is 11.7 Å². The predicted molar refractivity (Wildman–Crippen MR) is 107 cm³/mol. The number of nitrogens with one attached hydrogen (secondary N) is 1. The van der Waals surface area contributed by atoms with Crippen LogP contribution in [0.15, 0.2) is 46.1 Å². The van der Waals surface area contributed by atoms with Crippen molar-refractivity contribution < 1.29 is 9.59 Å². The van der Waals surface area contributed by atoms with E-state index in [0.29, 0.717) is 11.3 Å². The number of hydrogen-bond donors (Lipinski definition) is 1. The van der Waals surface area contributed by atoms with Gasteiger partial charge >= 0.3 is 0 Å². The second-order valence-electron chi connectivity index (χ2n) is 6.46. The normalized spacial score (nSPS) is 16.0. The average molecular weight is 353 g/mol. The third kappa shape index (κ3) is 4.10. The Balaban J connectivity index is 2.45. The van der Waals surface area contributed by atoms with Crippen LogP contribution in [0.5, 0.6) is 0 Å². The van der Waals surface area contributed by atoms with Crippen molar-refractivity contribution in [2.24, 2.45) is 4.99 Å². The van der Waals surface area contributed by atoms with Gasteiger partial charge in [0.1, 0.15) is 0 Å². The molecule has 0 radical (unpaired) electrons. The molecule has 0 aliphatic heterocycles. The lowest BCUT2D eigenvalue weighted by Crippen LogP contribution is -2.29. The number of Topliss-reactive ketones (excluding diaryl/α,β-unsaturated/α-hetero) is 1. The Morgan fingerprint density at radius 1 is 1.12 bits per heavy atom. The van der Waals surface area contributed by atoms with Crippen LogP contribution in [-0.2, 0) is 9.59 Å². The van der Waals surface area contributed by atoms with Crippen molar-refractivity contribution in [2.75, 3.05) is 18.0 Å². The van der Waals surface area contributed by atoms with Gasteiger partial charge in [0.15, 0.2) is 0 Å². The molecule has 0 atom stereocenters. The molecule has 26 heavy (non-hydrogen) atoms. The molecule has 1 aromatic carbocycles. The molecule has 1 N–H and O–H groups in total. The molecule has 5 nitrogen and oxygen atoms in total. The zero-order valence-corrected chi connectivity index (χ0v) is 16.4. The largest absolute Gasteiger partial charge is 0.372 e. The maximum Gasteiger partial charge on any atom is 0.221 e. The minimum atomic E-state index is -0.268. The molecule has 0 bridgehead atoms. The van der Waals surface area contributed by atoms with Crippen LogP contribution >= 0.6 is 0 Å². The average Bonchev–Trinajstić information content (AvgIpc) is 2.60. The number of aliphatic imine (C=N–C) groups is 1. The van der Waals surface area contributed by atoms with E-state index >= 15 is 0 Å². The van der Waals surface area contributed by atoms with Crippen LogP contribution in [0.2, 0.25) is 0 Å². The number of aryl methyl sites for hydroxylation is 1. The monoisotopic (exact) mass is 353 g/mol. The van der Waals surface area contributed by atoms with E-state index in [1.165, 1.54) is 12.6 Å². The Morgan fingerprint density at radius 2 is 1.77 bits per heavy atom. The smallest absolute Gasteiger partial charge is 0.221 e. The van der Waals surface area contributed by atoms with Gasteiger partial charge in [-0.1, -0.05) is 0 Å². The van der Waals surface area contributed by atoms with E-state index in [4.69, 9.17) is 4.99 Å². The summed E-state index contributed by atoms with van der Waals surface area (Å²) in [5.41, 5.74) is 5.51. The molecule has 5 heteroatoms. The first-order valence-electron chi connectivity index (χ1n) is 8.94. The van der Waals surface area contributed by atoms with Crippen molar-refractivity contribution in [2.45, 2.75) is 41.5 Å². The zero-order chi connectivity index (χ0) is 19.4. The molecule has 1 amide bonds. The minimum absolute atomic E-state index is 0.162. The van der Waals surface area contributed by atoms with Crippen molar-refractivity contribution in [3.05, 3.63) is 46.7 Å². The lowest BCUT2D eigenvalue weighted by molar-refractivity contribution is -0.120. The number of allylic oxidation sites excluding steroid dienone is 3.